The van der Waals surface area contributed by atoms with Gasteiger partial charge in [0.15, 0.2) is 0 Å². The first kappa shape index (κ1) is 21.1. The summed E-state index contributed by atoms with van der Waals surface area (Å²) in [5.41, 5.74) is 0.219. The van der Waals surface area contributed by atoms with E-state index in [9.17, 15) is 23.2 Å². The average molecular weight is 434 g/mol. The number of hydrogen-bond donors (Lipinski definition) is 1. The zero-order valence-corrected chi connectivity index (χ0v) is 16.7. The van der Waals surface area contributed by atoms with Gasteiger partial charge < -0.3 is 5.32 Å². The van der Waals surface area contributed by atoms with E-state index in [1.54, 1.807) is 24.3 Å². The lowest BCUT2D eigenvalue weighted by Gasteiger charge is -2.13. The molecule has 9 heteroatoms. The van der Waals surface area contributed by atoms with Crippen LogP contribution in [-0.4, -0.2) is 40.8 Å². The van der Waals surface area contributed by atoms with Crippen molar-refractivity contribution in [3.05, 3.63) is 70.6 Å². The van der Waals surface area contributed by atoms with Gasteiger partial charge in [-0.3, -0.25) is 19.3 Å². The smallest absolute Gasteiger partial charge is 0.293 e. The Morgan fingerprint density at radius 3 is 2.48 bits per heavy atom. The highest BCUT2D eigenvalue weighted by Gasteiger charge is 2.34. The Labute approximate surface area is 174 Å². The molecule has 0 radical (unpaired) electrons. The Morgan fingerprint density at radius 2 is 1.76 bits per heavy atom. The van der Waals surface area contributed by atoms with Gasteiger partial charge in [-0.05, 0) is 36.0 Å². The van der Waals surface area contributed by atoms with Gasteiger partial charge in [0.05, 0.1) is 10.7 Å². The molecule has 1 N–H and O–H groups in total. The predicted octanol–water partition coefficient (Wildman–Crippen LogP) is 3.91. The van der Waals surface area contributed by atoms with Crippen LogP contribution >= 0.6 is 23.5 Å². The molecule has 0 spiro atoms. The van der Waals surface area contributed by atoms with Crippen LogP contribution in [0.15, 0.2) is 58.3 Å². The highest BCUT2D eigenvalue weighted by atomic mass is 32.2. The summed E-state index contributed by atoms with van der Waals surface area (Å²) in [5.74, 6) is -1.75. The zero-order chi connectivity index (χ0) is 20.8. The van der Waals surface area contributed by atoms with Gasteiger partial charge in [-0.2, -0.15) is 0 Å². The molecule has 1 heterocycles. The van der Waals surface area contributed by atoms with E-state index in [0.717, 1.165) is 28.4 Å². The van der Waals surface area contributed by atoms with Crippen molar-refractivity contribution in [1.29, 1.82) is 0 Å². The first-order valence-corrected chi connectivity index (χ1v) is 10.4. The molecule has 0 aromatic heterocycles. The van der Waals surface area contributed by atoms with E-state index in [1.165, 1.54) is 30.3 Å². The average Bonchev–Trinajstić information content (AvgIpc) is 2.96. The number of benzene rings is 2. The molecule has 0 unspecified atom stereocenters. The summed E-state index contributed by atoms with van der Waals surface area (Å²) < 4.78 is 27.3. The second-order valence-electron chi connectivity index (χ2n) is 5.92. The Morgan fingerprint density at radius 1 is 1.07 bits per heavy atom. The number of rotatable bonds is 7. The normalized spacial score (nSPS) is 15.2. The van der Waals surface area contributed by atoms with Gasteiger partial charge in [0.2, 0.25) is 5.91 Å². The standard InChI is InChI=1S/C20H16F2N2O3S2/c21-14-6-2-1-5-13(14)11-17-19(26)24(20(27)29-17)10-9-23-18(25)12-28-16-8-4-3-7-15(16)22/h1-8,11H,9-10,12H2,(H,23,25)/b17-11-. The van der Waals surface area contributed by atoms with E-state index >= 15 is 0 Å². The van der Waals surface area contributed by atoms with Crippen LogP contribution in [0.25, 0.3) is 6.08 Å². The molecule has 1 fully saturated rings. The number of halogens is 2. The molecule has 0 saturated carbocycles. The second kappa shape index (κ2) is 9.71. The van der Waals surface area contributed by atoms with E-state index in [-0.39, 0.29) is 35.2 Å². The van der Waals surface area contributed by atoms with Crippen molar-refractivity contribution in [3.63, 3.8) is 0 Å². The van der Waals surface area contributed by atoms with Crippen molar-refractivity contribution in [3.8, 4) is 0 Å². The third-order valence-electron chi connectivity index (χ3n) is 3.92. The highest BCUT2D eigenvalue weighted by molar-refractivity contribution is 8.18. The van der Waals surface area contributed by atoms with E-state index in [2.05, 4.69) is 5.32 Å². The summed E-state index contributed by atoms with van der Waals surface area (Å²) >= 11 is 1.79. The summed E-state index contributed by atoms with van der Waals surface area (Å²) in [6.07, 6.45) is 1.34. The third kappa shape index (κ3) is 5.45. The van der Waals surface area contributed by atoms with Gasteiger partial charge in [-0.15, -0.1) is 11.8 Å². The van der Waals surface area contributed by atoms with E-state index in [0.29, 0.717) is 4.90 Å². The zero-order valence-electron chi connectivity index (χ0n) is 15.1. The molecule has 0 atom stereocenters. The lowest BCUT2D eigenvalue weighted by atomic mass is 10.2. The van der Waals surface area contributed by atoms with Crippen LogP contribution in [0.2, 0.25) is 0 Å². The fraction of sp³-hybridized carbons (Fsp3) is 0.150. The highest BCUT2D eigenvalue weighted by Crippen LogP contribution is 2.32. The van der Waals surface area contributed by atoms with Crippen molar-refractivity contribution < 1.29 is 23.2 Å². The van der Waals surface area contributed by atoms with E-state index < -0.39 is 22.8 Å². The van der Waals surface area contributed by atoms with Crippen molar-refractivity contribution in [2.75, 3.05) is 18.8 Å². The molecule has 2 aromatic rings. The number of imide groups is 1. The van der Waals surface area contributed by atoms with Crippen molar-refractivity contribution in [2.45, 2.75) is 4.90 Å². The first-order chi connectivity index (χ1) is 14.0. The first-order valence-electron chi connectivity index (χ1n) is 8.59. The van der Waals surface area contributed by atoms with Gasteiger partial charge in [-0.25, -0.2) is 8.78 Å². The fourth-order valence-corrected chi connectivity index (χ4v) is 4.11. The lowest BCUT2D eigenvalue weighted by Crippen LogP contribution is -2.37. The molecule has 0 aliphatic carbocycles. The van der Waals surface area contributed by atoms with Gasteiger partial charge in [0.25, 0.3) is 11.1 Å². The fourth-order valence-electron chi connectivity index (χ4n) is 2.49. The van der Waals surface area contributed by atoms with Gasteiger partial charge in [0, 0.05) is 23.5 Å². The molecule has 1 aliphatic heterocycles. The molecular weight excluding hydrogens is 418 g/mol. The topological polar surface area (TPSA) is 66.5 Å². The largest absolute Gasteiger partial charge is 0.354 e. The Hall–Kier alpha value is -2.65. The van der Waals surface area contributed by atoms with Crippen LogP contribution < -0.4 is 5.32 Å². The predicted molar refractivity (Wildman–Crippen MR) is 109 cm³/mol. The maximum absolute atomic E-state index is 13.7. The number of carbonyl (C=O) groups excluding carboxylic acids is 3. The summed E-state index contributed by atoms with van der Waals surface area (Å²) in [6, 6.07) is 12.1. The minimum Gasteiger partial charge on any atom is -0.354 e. The molecular formula is C20H16F2N2O3S2. The minimum absolute atomic E-state index is 0.00458. The Balaban J connectivity index is 1.50. The minimum atomic E-state index is -0.529. The number of nitrogens with zero attached hydrogens (tertiary/aromatic N) is 1. The van der Waals surface area contributed by atoms with Crippen LogP contribution in [0.4, 0.5) is 13.6 Å². The number of carbonyl (C=O) groups is 3. The van der Waals surface area contributed by atoms with Crippen LogP contribution in [0, 0.1) is 11.6 Å². The van der Waals surface area contributed by atoms with Gasteiger partial charge in [0.1, 0.15) is 11.6 Å². The summed E-state index contributed by atoms with van der Waals surface area (Å²) in [4.78, 5) is 37.9. The Kier molecular flexibility index (Phi) is 7.05. The maximum Gasteiger partial charge on any atom is 0.293 e. The number of nitrogens with one attached hydrogen (secondary N) is 1. The quantitative estimate of drug-likeness (QED) is 0.529. The maximum atomic E-state index is 13.7. The summed E-state index contributed by atoms with van der Waals surface area (Å²) in [6.45, 7) is 0.0665. The van der Waals surface area contributed by atoms with Crippen molar-refractivity contribution >= 4 is 46.7 Å². The molecule has 29 heavy (non-hydrogen) atoms. The lowest BCUT2D eigenvalue weighted by molar-refractivity contribution is -0.123. The Bertz CT molecular complexity index is 982. The molecule has 0 bridgehead atoms. The monoisotopic (exact) mass is 434 g/mol. The van der Waals surface area contributed by atoms with Gasteiger partial charge in [-0.1, -0.05) is 30.3 Å². The van der Waals surface area contributed by atoms with E-state index in [1.807, 2.05) is 0 Å². The molecule has 150 valence electrons. The van der Waals surface area contributed by atoms with Crippen LogP contribution in [0.1, 0.15) is 5.56 Å². The van der Waals surface area contributed by atoms with Crippen molar-refractivity contribution in [2.24, 2.45) is 0 Å². The molecule has 3 amide bonds. The molecule has 1 saturated heterocycles. The second-order valence-corrected chi connectivity index (χ2v) is 7.93. The van der Waals surface area contributed by atoms with Crippen LogP contribution in [0.5, 0.6) is 0 Å². The third-order valence-corrected chi connectivity index (χ3v) is 5.87. The number of amides is 3. The summed E-state index contributed by atoms with van der Waals surface area (Å²) in [7, 11) is 0. The van der Waals surface area contributed by atoms with Gasteiger partial charge >= 0.3 is 0 Å². The van der Waals surface area contributed by atoms with Crippen LogP contribution in [0.3, 0.4) is 0 Å². The SMILES string of the molecule is O=C(CSc1ccccc1F)NCCN1C(=O)S/C(=C\c2ccccc2F)C1=O. The molecule has 2 aromatic carbocycles. The number of thioether (sulfide) groups is 2. The molecule has 3 rings (SSSR count). The summed E-state index contributed by atoms with van der Waals surface area (Å²) in [5, 5.41) is 2.12. The van der Waals surface area contributed by atoms with Crippen molar-refractivity contribution in [1.82, 2.24) is 10.2 Å². The van der Waals surface area contributed by atoms with E-state index in [4.69, 9.17) is 0 Å². The van der Waals surface area contributed by atoms with Crippen LogP contribution in [-0.2, 0) is 9.59 Å². The molecule has 1 aliphatic rings. The molecule has 5 nitrogen and oxygen atoms in total. The number of hydrogen-bond acceptors (Lipinski definition) is 5.